The summed E-state index contributed by atoms with van der Waals surface area (Å²) in [6, 6.07) is 80.7. The van der Waals surface area contributed by atoms with E-state index in [9.17, 15) is 0 Å². The molecule has 0 saturated carbocycles. The van der Waals surface area contributed by atoms with Gasteiger partial charge in [-0.2, -0.15) is 0 Å². The van der Waals surface area contributed by atoms with E-state index < -0.39 is 5.41 Å². The summed E-state index contributed by atoms with van der Waals surface area (Å²) in [6.07, 6.45) is 6.43. The molecule has 2 heterocycles. The highest BCUT2D eigenvalue weighted by Crippen LogP contribution is 2.56. The monoisotopic (exact) mass is 855 g/mol. The van der Waals surface area contributed by atoms with Gasteiger partial charge in [-0.3, -0.25) is 0 Å². The van der Waals surface area contributed by atoms with Gasteiger partial charge in [0.05, 0.1) is 27.8 Å². The molecule has 0 spiro atoms. The molecule has 0 bridgehead atoms. The zero-order valence-corrected chi connectivity index (χ0v) is 37.1. The normalized spacial score (nSPS) is 13.2. The van der Waals surface area contributed by atoms with Crippen LogP contribution >= 0.6 is 0 Å². The van der Waals surface area contributed by atoms with Gasteiger partial charge in [0.25, 0.3) is 0 Å². The van der Waals surface area contributed by atoms with E-state index in [2.05, 4.69) is 249 Å². The zero-order valence-electron chi connectivity index (χ0n) is 37.1. The fourth-order valence-electron chi connectivity index (χ4n) is 10.7. The van der Waals surface area contributed by atoms with E-state index in [1.165, 1.54) is 55.2 Å². The quantitative estimate of drug-likeness (QED) is 0.145. The SMILES string of the molecule is C=CC1=C(/C=C\C)C(c2ccccc2)(c2ccccc2)c2cc(-c3cc(-c4ccc(-c5cccc(-n6c7ccccc7c7ccccc76)c5)c5ccccc45)nc(-c4ccccc4)n3)ccc21. The standard InChI is InChI=1S/C64H45N3/c1-3-21-57-49(4-2)53-37-36-45(41-58(53)64(57,46-25-10-6-11-26-46)47-27-12-7-13-28-47)59-42-60(66-63(65-59)43-22-8-5-9-23-43)54-39-38-50(51-30-14-15-31-52(51)54)44-24-20-29-48(40-44)67-61-34-18-16-32-55(61)56-33-17-19-35-62(56)67/h3-42H,2H2,1H3/b21-3-. The number of rotatable bonds is 9. The first-order chi connectivity index (χ1) is 33.1. The molecule has 2 aromatic heterocycles. The average Bonchev–Trinajstić information content (AvgIpc) is 3.89. The van der Waals surface area contributed by atoms with Gasteiger partial charge in [0, 0.05) is 33.2 Å². The molecule has 0 N–H and O–H groups in total. The van der Waals surface area contributed by atoms with Crippen molar-refractivity contribution in [1.29, 1.82) is 0 Å². The van der Waals surface area contributed by atoms with Crippen molar-refractivity contribution in [1.82, 2.24) is 14.5 Å². The molecular weight excluding hydrogens is 811 g/mol. The van der Waals surface area contributed by atoms with Crippen LogP contribution in [0.3, 0.4) is 0 Å². The third-order valence-electron chi connectivity index (χ3n) is 13.6. The molecule has 11 aromatic rings. The topological polar surface area (TPSA) is 30.7 Å². The van der Waals surface area contributed by atoms with Gasteiger partial charge in [0.15, 0.2) is 5.82 Å². The van der Waals surface area contributed by atoms with E-state index in [1.807, 2.05) is 12.1 Å². The molecule has 316 valence electrons. The Labute approximate surface area is 391 Å². The van der Waals surface area contributed by atoms with Crippen LogP contribution in [0.15, 0.2) is 255 Å². The smallest absolute Gasteiger partial charge is 0.160 e. The van der Waals surface area contributed by atoms with Crippen LogP contribution in [-0.4, -0.2) is 14.5 Å². The van der Waals surface area contributed by atoms with Gasteiger partial charge in [-0.1, -0.05) is 213 Å². The van der Waals surface area contributed by atoms with Crippen molar-refractivity contribution in [3.8, 4) is 50.7 Å². The van der Waals surface area contributed by atoms with Crippen LogP contribution in [0, 0.1) is 0 Å². The molecule has 3 heteroatoms. The Morgan fingerprint density at radius 1 is 0.448 bits per heavy atom. The van der Waals surface area contributed by atoms with Crippen molar-refractivity contribution in [2.45, 2.75) is 12.3 Å². The highest BCUT2D eigenvalue weighted by molar-refractivity contribution is 6.10. The van der Waals surface area contributed by atoms with E-state index in [0.717, 1.165) is 55.7 Å². The fourth-order valence-corrected chi connectivity index (χ4v) is 10.7. The Hall–Kier alpha value is -8.66. The van der Waals surface area contributed by atoms with E-state index in [0.29, 0.717) is 5.82 Å². The largest absolute Gasteiger partial charge is 0.309 e. The minimum absolute atomic E-state index is 0.590. The Bertz CT molecular complexity index is 3670. The summed E-state index contributed by atoms with van der Waals surface area (Å²) in [5.74, 6) is 0.678. The molecule has 0 radical (unpaired) electrons. The highest BCUT2D eigenvalue weighted by atomic mass is 15.0. The van der Waals surface area contributed by atoms with Crippen LogP contribution in [0.1, 0.15) is 29.2 Å². The van der Waals surface area contributed by atoms with E-state index in [1.54, 1.807) is 0 Å². The summed E-state index contributed by atoms with van der Waals surface area (Å²) in [5.41, 5.74) is 17.1. The van der Waals surface area contributed by atoms with Gasteiger partial charge in [-0.15, -0.1) is 0 Å². The van der Waals surface area contributed by atoms with Crippen LogP contribution in [0.5, 0.6) is 0 Å². The molecule has 0 amide bonds. The Balaban J connectivity index is 1.04. The molecule has 0 fully saturated rings. The van der Waals surface area contributed by atoms with E-state index in [4.69, 9.17) is 9.97 Å². The van der Waals surface area contributed by atoms with Crippen LogP contribution in [0.25, 0.3) is 88.9 Å². The lowest BCUT2D eigenvalue weighted by atomic mass is 9.66. The second kappa shape index (κ2) is 16.4. The molecule has 9 aromatic carbocycles. The molecular formula is C64H45N3. The number of nitrogens with zero attached hydrogens (tertiary/aromatic N) is 3. The van der Waals surface area contributed by atoms with Gasteiger partial charge in [-0.25, -0.2) is 9.97 Å². The number of hydrogen-bond donors (Lipinski definition) is 0. The first-order valence-corrected chi connectivity index (χ1v) is 23.0. The van der Waals surface area contributed by atoms with Crippen molar-refractivity contribution in [2.75, 3.05) is 0 Å². The summed E-state index contributed by atoms with van der Waals surface area (Å²) in [4.78, 5) is 10.7. The van der Waals surface area contributed by atoms with Gasteiger partial charge in [0.2, 0.25) is 0 Å². The maximum absolute atomic E-state index is 5.37. The Morgan fingerprint density at radius 2 is 0.985 bits per heavy atom. The molecule has 12 rings (SSSR count). The molecule has 0 saturated heterocycles. The predicted molar refractivity (Wildman–Crippen MR) is 280 cm³/mol. The van der Waals surface area contributed by atoms with Gasteiger partial charge < -0.3 is 4.57 Å². The zero-order chi connectivity index (χ0) is 44.9. The van der Waals surface area contributed by atoms with Crippen LogP contribution < -0.4 is 0 Å². The maximum atomic E-state index is 5.37. The first-order valence-electron chi connectivity index (χ1n) is 23.0. The van der Waals surface area contributed by atoms with Crippen molar-refractivity contribution in [3.05, 3.63) is 277 Å². The number of para-hydroxylation sites is 2. The summed E-state index contributed by atoms with van der Waals surface area (Å²) < 4.78 is 2.39. The molecule has 0 aliphatic heterocycles. The fraction of sp³-hybridized carbons (Fsp3) is 0.0312. The number of aromatic nitrogens is 3. The van der Waals surface area contributed by atoms with Crippen LogP contribution in [-0.2, 0) is 5.41 Å². The van der Waals surface area contributed by atoms with E-state index in [-0.39, 0.29) is 0 Å². The summed E-state index contributed by atoms with van der Waals surface area (Å²) in [7, 11) is 0. The van der Waals surface area contributed by atoms with Crippen molar-refractivity contribution >= 4 is 38.2 Å². The second-order valence-corrected chi connectivity index (χ2v) is 17.2. The second-order valence-electron chi connectivity index (χ2n) is 17.2. The lowest BCUT2D eigenvalue weighted by Gasteiger charge is -2.35. The van der Waals surface area contributed by atoms with Crippen molar-refractivity contribution in [3.63, 3.8) is 0 Å². The van der Waals surface area contributed by atoms with Crippen LogP contribution in [0.2, 0.25) is 0 Å². The van der Waals surface area contributed by atoms with Gasteiger partial charge in [0.1, 0.15) is 0 Å². The predicted octanol–water partition coefficient (Wildman–Crippen LogP) is 16.3. The lowest BCUT2D eigenvalue weighted by molar-refractivity contribution is 0.761. The molecule has 1 aliphatic rings. The third-order valence-corrected chi connectivity index (χ3v) is 13.6. The minimum atomic E-state index is -0.590. The first kappa shape index (κ1) is 39.9. The Kier molecular flexibility index (Phi) is 9.77. The Morgan fingerprint density at radius 3 is 1.63 bits per heavy atom. The number of hydrogen-bond acceptors (Lipinski definition) is 2. The lowest BCUT2D eigenvalue weighted by Crippen LogP contribution is -2.29. The number of fused-ring (bicyclic) bond motifs is 5. The summed E-state index contributed by atoms with van der Waals surface area (Å²) in [5, 5.41) is 4.79. The van der Waals surface area contributed by atoms with E-state index >= 15 is 0 Å². The average molecular weight is 856 g/mol. The van der Waals surface area contributed by atoms with Gasteiger partial charge in [-0.05, 0) is 98.6 Å². The minimum Gasteiger partial charge on any atom is -0.309 e. The molecule has 3 nitrogen and oxygen atoms in total. The maximum Gasteiger partial charge on any atom is 0.160 e. The van der Waals surface area contributed by atoms with Crippen LogP contribution in [0.4, 0.5) is 0 Å². The van der Waals surface area contributed by atoms with Crippen molar-refractivity contribution in [2.24, 2.45) is 0 Å². The number of benzene rings is 9. The summed E-state index contributed by atoms with van der Waals surface area (Å²) >= 11 is 0. The van der Waals surface area contributed by atoms with Gasteiger partial charge >= 0.3 is 0 Å². The molecule has 0 atom stereocenters. The third kappa shape index (κ3) is 6.42. The molecule has 0 unspecified atom stereocenters. The number of allylic oxidation sites excluding steroid dienone is 5. The molecule has 67 heavy (non-hydrogen) atoms. The highest BCUT2D eigenvalue weighted by Gasteiger charge is 2.46. The molecule has 1 aliphatic carbocycles. The summed E-state index contributed by atoms with van der Waals surface area (Å²) in [6.45, 7) is 6.47. The van der Waals surface area contributed by atoms with Crippen molar-refractivity contribution < 1.29 is 0 Å².